The third-order valence-corrected chi connectivity index (χ3v) is 4.95. The van der Waals surface area contributed by atoms with Gasteiger partial charge in [-0.2, -0.15) is 18.4 Å². The minimum Gasteiger partial charge on any atom is -0.484 e. The number of allylic oxidation sites excluding steroid dienone is 1. The lowest BCUT2D eigenvalue weighted by Crippen LogP contribution is -2.26. The number of hydrogen-bond acceptors (Lipinski definition) is 6. The summed E-state index contributed by atoms with van der Waals surface area (Å²) in [5.41, 5.74) is 1.87. The molecule has 1 N–H and O–H groups in total. The quantitative estimate of drug-likeness (QED) is 0.494. The van der Waals surface area contributed by atoms with Crippen LogP contribution in [0.25, 0.3) is 0 Å². The SMILES string of the molecule is CN1C(=C(C#N)C(=O)CCC(=O)Nc2cccc(OCC(F)(F)F)c2)N(C)c2ccccc21. The predicted octanol–water partition coefficient (Wildman–Crippen LogP) is 4.24. The minimum atomic E-state index is -4.48. The van der Waals surface area contributed by atoms with E-state index in [1.165, 1.54) is 24.3 Å². The topological polar surface area (TPSA) is 85.7 Å². The van der Waals surface area contributed by atoms with Gasteiger partial charge in [-0.15, -0.1) is 0 Å². The molecule has 0 saturated heterocycles. The van der Waals surface area contributed by atoms with Crippen molar-refractivity contribution >= 4 is 28.8 Å². The fourth-order valence-electron chi connectivity index (χ4n) is 3.46. The highest BCUT2D eigenvalue weighted by Crippen LogP contribution is 2.40. The zero-order chi connectivity index (χ0) is 24.2. The molecule has 172 valence electrons. The number of nitrogens with one attached hydrogen (secondary N) is 1. The van der Waals surface area contributed by atoms with Crippen molar-refractivity contribution in [3.63, 3.8) is 0 Å². The molecule has 0 spiro atoms. The number of nitriles is 1. The standard InChI is InChI=1S/C23H21F3N4O3/c1-29-18-8-3-4-9-19(18)30(2)22(29)17(13-27)20(31)10-11-21(32)28-15-6-5-7-16(12-15)33-14-23(24,25)26/h3-9,12H,10-11,14H2,1-2H3,(H,28,32). The molecule has 0 radical (unpaired) electrons. The average molecular weight is 458 g/mol. The van der Waals surface area contributed by atoms with Crippen LogP contribution >= 0.6 is 0 Å². The first-order chi connectivity index (χ1) is 15.6. The third-order valence-electron chi connectivity index (χ3n) is 4.95. The Kier molecular flexibility index (Phi) is 6.92. The maximum absolute atomic E-state index is 12.8. The molecule has 10 heteroatoms. The lowest BCUT2D eigenvalue weighted by Gasteiger charge is -2.19. The van der Waals surface area contributed by atoms with Gasteiger partial charge in [0.25, 0.3) is 0 Å². The number of halogens is 3. The lowest BCUT2D eigenvalue weighted by molar-refractivity contribution is -0.153. The van der Waals surface area contributed by atoms with E-state index in [2.05, 4.69) is 10.1 Å². The van der Waals surface area contributed by atoms with Gasteiger partial charge in [0.15, 0.2) is 12.4 Å². The Labute approximate surface area is 188 Å². The van der Waals surface area contributed by atoms with Crippen LogP contribution in [0.5, 0.6) is 5.75 Å². The summed E-state index contributed by atoms with van der Waals surface area (Å²) < 4.78 is 41.6. The molecule has 0 fully saturated rings. The second kappa shape index (κ2) is 9.65. The number of para-hydroxylation sites is 2. The number of amides is 1. The van der Waals surface area contributed by atoms with Crippen LogP contribution in [-0.2, 0) is 9.59 Å². The van der Waals surface area contributed by atoms with Gasteiger partial charge in [-0.25, -0.2) is 0 Å². The van der Waals surface area contributed by atoms with Crippen molar-refractivity contribution in [3.8, 4) is 11.8 Å². The number of rotatable bonds is 7. The van der Waals surface area contributed by atoms with Crippen molar-refractivity contribution in [1.29, 1.82) is 5.26 Å². The monoisotopic (exact) mass is 458 g/mol. The molecule has 0 bridgehead atoms. The number of carbonyl (C=O) groups is 2. The Morgan fingerprint density at radius 1 is 1.03 bits per heavy atom. The molecular weight excluding hydrogens is 437 g/mol. The van der Waals surface area contributed by atoms with Crippen molar-refractivity contribution < 1.29 is 27.5 Å². The normalized spacial score (nSPS) is 12.8. The van der Waals surface area contributed by atoms with Crippen LogP contribution in [0.1, 0.15) is 12.8 Å². The number of benzene rings is 2. The molecule has 1 aliphatic heterocycles. The van der Waals surface area contributed by atoms with Crippen LogP contribution in [0, 0.1) is 11.3 Å². The summed E-state index contributed by atoms with van der Waals surface area (Å²) >= 11 is 0. The summed E-state index contributed by atoms with van der Waals surface area (Å²) in [6.45, 7) is -1.45. The van der Waals surface area contributed by atoms with Gasteiger partial charge < -0.3 is 19.9 Å². The highest BCUT2D eigenvalue weighted by Gasteiger charge is 2.31. The third kappa shape index (κ3) is 5.63. The molecule has 1 amide bonds. The van der Waals surface area contributed by atoms with Gasteiger partial charge in [0.05, 0.1) is 11.4 Å². The van der Waals surface area contributed by atoms with Crippen LogP contribution in [0.3, 0.4) is 0 Å². The van der Waals surface area contributed by atoms with Gasteiger partial charge >= 0.3 is 6.18 Å². The molecule has 33 heavy (non-hydrogen) atoms. The van der Waals surface area contributed by atoms with Crippen LogP contribution in [0.2, 0.25) is 0 Å². The van der Waals surface area contributed by atoms with Crippen molar-refractivity contribution in [1.82, 2.24) is 0 Å². The molecule has 0 aromatic heterocycles. The second-order valence-electron chi connectivity index (χ2n) is 7.32. The van der Waals surface area contributed by atoms with Gasteiger partial charge in [-0.3, -0.25) is 9.59 Å². The van der Waals surface area contributed by atoms with E-state index >= 15 is 0 Å². The van der Waals surface area contributed by atoms with Crippen LogP contribution in [0.15, 0.2) is 59.9 Å². The van der Waals surface area contributed by atoms with Gasteiger partial charge in [0.1, 0.15) is 23.2 Å². The van der Waals surface area contributed by atoms with Gasteiger partial charge in [-0.1, -0.05) is 18.2 Å². The number of Topliss-reactive ketones (excluding diaryl/α,β-unsaturated/α-hetero) is 1. The van der Waals surface area contributed by atoms with E-state index in [1.807, 2.05) is 30.3 Å². The summed E-state index contributed by atoms with van der Waals surface area (Å²) in [6.07, 6.45) is -4.89. The summed E-state index contributed by atoms with van der Waals surface area (Å²) in [4.78, 5) is 28.5. The molecule has 2 aromatic carbocycles. The lowest BCUT2D eigenvalue weighted by atomic mass is 10.1. The van der Waals surface area contributed by atoms with Crippen molar-refractivity contribution in [2.45, 2.75) is 19.0 Å². The highest BCUT2D eigenvalue weighted by molar-refractivity contribution is 6.04. The number of ether oxygens (including phenoxy) is 1. The number of hydrogen-bond donors (Lipinski definition) is 1. The Morgan fingerprint density at radius 3 is 2.24 bits per heavy atom. The van der Waals surface area contributed by atoms with Crippen LogP contribution in [-0.4, -0.2) is 38.6 Å². The molecule has 1 aliphatic rings. The van der Waals surface area contributed by atoms with Crippen LogP contribution in [0.4, 0.5) is 30.2 Å². The van der Waals surface area contributed by atoms with Crippen molar-refractivity contribution in [3.05, 3.63) is 59.9 Å². The van der Waals surface area contributed by atoms with E-state index in [0.717, 1.165) is 11.4 Å². The van der Waals surface area contributed by atoms with Crippen LogP contribution < -0.4 is 19.9 Å². The molecule has 2 aromatic rings. The van der Waals surface area contributed by atoms with Crippen molar-refractivity contribution in [2.24, 2.45) is 0 Å². The second-order valence-corrected chi connectivity index (χ2v) is 7.32. The Balaban J connectivity index is 1.63. The maximum atomic E-state index is 12.8. The first-order valence-corrected chi connectivity index (χ1v) is 9.94. The van der Waals surface area contributed by atoms with Crippen molar-refractivity contribution in [2.75, 3.05) is 35.8 Å². The summed E-state index contributed by atoms with van der Waals surface area (Å²) in [6, 6.07) is 14.9. The Morgan fingerprint density at radius 2 is 1.67 bits per heavy atom. The molecular formula is C23H21F3N4O3. The summed E-state index contributed by atoms with van der Waals surface area (Å²) in [5.74, 6) is -0.630. The Bertz CT molecular complexity index is 1110. The van der Waals surface area contributed by atoms with Gasteiger partial charge in [-0.05, 0) is 24.3 Å². The number of carbonyl (C=O) groups excluding carboxylic acids is 2. The van der Waals surface area contributed by atoms with E-state index in [0.29, 0.717) is 5.82 Å². The maximum Gasteiger partial charge on any atom is 0.422 e. The number of anilines is 3. The zero-order valence-corrected chi connectivity index (χ0v) is 17.9. The summed E-state index contributed by atoms with van der Waals surface area (Å²) in [5, 5.41) is 12.2. The van der Waals surface area contributed by atoms with Gasteiger partial charge in [0.2, 0.25) is 5.91 Å². The fourth-order valence-corrected chi connectivity index (χ4v) is 3.46. The summed E-state index contributed by atoms with van der Waals surface area (Å²) in [7, 11) is 3.51. The molecule has 0 unspecified atom stereocenters. The number of fused-ring (bicyclic) bond motifs is 1. The molecule has 3 rings (SSSR count). The zero-order valence-electron chi connectivity index (χ0n) is 17.9. The highest BCUT2D eigenvalue weighted by atomic mass is 19.4. The number of ketones is 1. The Hall–Kier alpha value is -4.00. The number of alkyl halides is 3. The molecule has 0 saturated carbocycles. The predicted molar refractivity (Wildman–Crippen MR) is 117 cm³/mol. The average Bonchev–Trinajstić information content (AvgIpc) is 3.02. The van der Waals surface area contributed by atoms with E-state index in [1.54, 1.807) is 23.9 Å². The first-order valence-electron chi connectivity index (χ1n) is 9.94. The molecule has 0 aliphatic carbocycles. The van der Waals surface area contributed by atoms with E-state index in [9.17, 15) is 28.0 Å². The van der Waals surface area contributed by atoms with E-state index < -0.39 is 24.5 Å². The fraction of sp³-hybridized carbons (Fsp3) is 0.261. The van der Waals surface area contributed by atoms with E-state index in [-0.39, 0.29) is 29.9 Å². The van der Waals surface area contributed by atoms with E-state index in [4.69, 9.17) is 0 Å². The first kappa shape index (κ1) is 23.7. The molecule has 0 atom stereocenters. The largest absolute Gasteiger partial charge is 0.484 e. The minimum absolute atomic E-state index is 0.0513. The van der Waals surface area contributed by atoms with Gasteiger partial charge in [0, 0.05) is 38.7 Å². The molecule has 7 nitrogen and oxygen atoms in total. The smallest absolute Gasteiger partial charge is 0.422 e. The number of nitrogens with zero attached hydrogens (tertiary/aromatic N) is 3. The molecule has 1 heterocycles.